The van der Waals surface area contributed by atoms with Crippen molar-refractivity contribution in [2.24, 2.45) is 0 Å². The molecule has 0 aliphatic carbocycles. The van der Waals surface area contributed by atoms with Gasteiger partial charge in [-0.3, -0.25) is 0 Å². The van der Waals surface area contributed by atoms with Crippen molar-refractivity contribution < 1.29 is 4.74 Å². The smallest absolute Gasteiger partial charge is 0.229 e. The fourth-order valence-corrected chi connectivity index (χ4v) is 2.71. The van der Waals surface area contributed by atoms with Crippen LogP contribution in [0.4, 0.5) is 17.5 Å². The zero-order chi connectivity index (χ0) is 18.4. The summed E-state index contributed by atoms with van der Waals surface area (Å²) in [4.78, 5) is 11.3. The maximum atomic E-state index is 5.67. The Morgan fingerprint density at radius 3 is 2.50 bits per heavy atom. The van der Waals surface area contributed by atoms with Gasteiger partial charge in [-0.05, 0) is 31.5 Å². The van der Waals surface area contributed by atoms with Gasteiger partial charge in [-0.1, -0.05) is 42.5 Å². The lowest BCUT2D eigenvalue weighted by Gasteiger charge is -2.20. The highest BCUT2D eigenvalue weighted by Crippen LogP contribution is 2.27. The molecule has 134 valence electrons. The fraction of sp³-hybridized carbons (Fsp3) is 0.238. The molecule has 0 saturated carbocycles. The Hall–Kier alpha value is -3.08. The van der Waals surface area contributed by atoms with Gasteiger partial charge in [-0.25, -0.2) is 4.98 Å². The van der Waals surface area contributed by atoms with Crippen molar-refractivity contribution in [3.8, 4) is 5.75 Å². The molecule has 1 heterocycles. The van der Waals surface area contributed by atoms with Gasteiger partial charge in [0, 0.05) is 25.4 Å². The van der Waals surface area contributed by atoms with E-state index in [4.69, 9.17) is 4.74 Å². The van der Waals surface area contributed by atoms with Crippen molar-refractivity contribution in [2.75, 3.05) is 23.9 Å². The average molecular weight is 348 g/mol. The van der Waals surface area contributed by atoms with Gasteiger partial charge in [-0.2, -0.15) is 4.98 Å². The lowest BCUT2D eigenvalue weighted by Crippen LogP contribution is -2.18. The zero-order valence-corrected chi connectivity index (χ0v) is 15.4. The van der Waals surface area contributed by atoms with Gasteiger partial charge in [0.25, 0.3) is 0 Å². The summed E-state index contributed by atoms with van der Waals surface area (Å²) in [5.74, 6) is 2.23. The second-order valence-electron chi connectivity index (χ2n) is 6.09. The molecular weight excluding hydrogens is 324 g/mol. The van der Waals surface area contributed by atoms with Crippen LogP contribution in [-0.2, 0) is 6.54 Å². The molecule has 0 atom stereocenters. The number of hydrogen-bond acceptors (Lipinski definition) is 5. The van der Waals surface area contributed by atoms with Crippen LogP contribution in [0.15, 0.2) is 60.7 Å². The summed E-state index contributed by atoms with van der Waals surface area (Å²) < 4.78 is 5.67. The van der Waals surface area contributed by atoms with Gasteiger partial charge in [0.2, 0.25) is 5.95 Å². The standard InChI is InChI=1S/C21H24N4O/c1-4-26-19-13-9-8-12-18(19)23-21-22-16(2)14-20(24-21)25(3)15-17-10-6-5-7-11-17/h5-14H,4,15H2,1-3H3,(H,22,23,24). The number of aryl methyl sites for hydroxylation is 1. The van der Waals surface area contributed by atoms with Crippen LogP contribution in [0.25, 0.3) is 0 Å². The molecule has 0 aliphatic heterocycles. The van der Waals surface area contributed by atoms with Crippen molar-refractivity contribution in [2.45, 2.75) is 20.4 Å². The predicted molar refractivity (Wildman–Crippen MR) is 106 cm³/mol. The molecule has 3 rings (SSSR count). The van der Waals surface area contributed by atoms with Gasteiger partial charge < -0.3 is 15.0 Å². The van der Waals surface area contributed by atoms with Crippen LogP contribution >= 0.6 is 0 Å². The number of nitrogens with one attached hydrogen (secondary N) is 1. The minimum Gasteiger partial charge on any atom is -0.492 e. The molecule has 1 aromatic heterocycles. The van der Waals surface area contributed by atoms with E-state index < -0.39 is 0 Å². The molecule has 0 amide bonds. The highest BCUT2D eigenvalue weighted by atomic mass is 16.5. The van der Waals surface area contributed by atoms with Gasteiger partial charge in [-0.15, -0.1) is 0 Å². The molecule has 0 fully saturated rings. The third kappa shape index (κ3) is 4.51. The highest BCUT2D eigenvalue weighted by molar-refractivity contribution is 5.63. The molecule has 1 N–H and O–H groups in total. The fourth-order valence-electron chi connectivity index (χ4n) is 2.71. The second-order valence-corrected chi connectivity index (χ2v) is 6.09. The Morgan fingerprint density at radius 2 is 1.73 bits per heavy atom. The van der Waals surface area contributed by atoms with E-state index in [1.54, 1.807) is 0 Å². The highest BCUT2D eigenvalue weighted by Gasteiger charge is 2.10. The number of hydrogen-bond donors (Lipinski definition) is 1. The molecule has 5 heteroatoms. The molecule has 0 unspecified atom stereocenters. The molecule has 0 spiro atoms. The van der Waals surface area contributed by atoms with E-state index in [1.807, 2.05) is 69.4 Å². The number of rotatable bonds is 7. The summed E-state index contributed by atoms with van der Waals surface area (Å²) in [6.07, 6.45) is 0. The minimum absolute atomic E-state index is 0.562. The van der Waals surface area contributed by atoms with Crippen molar-refractivity contribution in [1.29, 1.82) is 0 Å². The van der Waals surface area contributed by atoms with Crippen LogP contribution in [0.2, 0.25) is 0 Å². The first-order valence-electron chi connectivity index (χ1n) is 8.75. The molecule has 2 aromatic carbocycles. The largest absolute Gasteiger partial charge is 0.492 e. The number of para-hydroxylation sites is 2. The van der Waals surface area contributed by atoms with Gasteiger partial charge in [0.1, 0.15) is 11.6 Å². The summed E-state index contributed by atoms with van der Waals surface area (Å²) in [6, 6.07) is 20.1. The van der Waals surface area contributed by atoms with E-state index in [0.29, 0.717) is 12.6 Å². The third-order valence-corrected chi connectivity index (χ3v) is 3.93. The van der Waals surface area contributed by atoms with E-state index in [-0.39, 0.29) is 0 Å². The lowest BCUT2D eigenvalue weighted by molar-refractivity contribution is 0.342. The van der Waals surface area contributed by atoms with Crippen molar-refractivity contribution in [3.63, 3.8) is 0 Å². The maximum Gasteiger partial charge on any atom is 0.229 e. The summed E-state index contributed by atoms with van der Waals surface area (Å²) in [5.41, 5.74) is 3.00. The van der Waals surface area contributed by atoms with E-state index in [9.17, 15) is 0 Å². The maximum absolute atomic E-state index is 5.67. The van der Waals surface area contributed by atoms with E-state index in [1.165, 1.54) is 5.56 Å². The van der Waals surface area contributed by atoms with Crippen LogP contribution in [0.1, 0.15) is 18.2 Å². The number of aromatic nitrogens is 2. The van der Waals surface area contributed by atoms with Crippen LogP contribution in [0, 0.1) is 6.92 Å². The molecule has 0 saturated heterocycles. The Balaban J connectivity index is 1.82. The Bertz CT molecular complexity index is 852. The van der Waals surface area contributed by atoms with Gasteiger partial charge in [0.15, 0.2) is 0 Å². The number of benzene rings is 2. The first kappa shape index (κ1) is 17.7. The summed E-state index contributed by atoms with van der Waals surface area (Å²) >= 11 is 0. The molecule has 26 heavy (non-hydrogen) atoms. The molecule has 0 radical (unpaired) electrons. The molecular formula is C21H24N4O. The molecule has 0 aliphatic rings. The van der Waals surface area contributed by atoms with Crippen molar-refractivity contribution >= 4 is 17.5 Å². The predicted octanol–water partition coefficient (Wildman–Crippen LogP) is 4.56. The first-order chi connectivity index (χ1) is 12.7. The first-order valence-corrected chi connectivity index (χ1v) is 8.75. The summed E-state index contributed by atoms with van der Waals surface area (Å²) in [5, 5.41) is 3.28. The number of nitrogens with zero attached hydrogens (tertiary/aromatic N) is 3. The quantitative estimate of drug-likeness (QED) is 0.678. The number of ether oxygens (including phenoxy) is 1. The van der Waals surface area contributed by atoms with Crippen molar-refractivity contribution in [1.82, 2.24) is 9.97 Å². The van der Waals surface area contributed by atoms with E-state index in [2.05, 4.69) is 32.3 Å². The molecule has 0 bridgehead atoms. The Morgan fingerprint density at radius 1 is 1.00 bits per heavy atom. The SMILES string of the molecule is CCOc1ccccc1Nc1nc(C)cc(N(C)Cc2ccccc2)n1. The van der Waals surface area contributed by atoms with E-state index >= 15 is 0 Å². The van der Waals surface area contributed by atoms with E-state index in [0.717, 1.165) is 29.5 Å². The summed E-state index contributed by atoms with van der Waals surface area (Å²) in [7, 11) is 2.03. The normalized spacial score (nSPS) is 10.4. The molecule has 3 aromatic rings. The monoisotopic (exact) mass is 348 g/mol. The minimum atomic E-state index is 0.562. The Kier molecular flexibility index (Phi) is 5.69. The second kappa shape index (κ2) is 8.34. The van der Waals surface area contributed by atoms with Crippen molar-refractivity contribution in [3.05, 3.63) is 71.9 Å². The van der Waals surface area contributed by atoms with Gasteiger partial charge >= 0.3 is 0 Å². The topological polar surface area (TPSA) is 50.3 Å². The number of anilines is 3. The lowest BCUT2D eigenvalue weighted by atomic mass is 10.2. The average Bonchev–Trinajstić information content (AvgIpc) is 2.64. The third-order valence-electron chi connectivity index (χ3n) is 3.93. The van der Waals surface area contributed by atoms with Gasteiger partial charge in [0.05, 0.1) is 12.3 Å². The van der Waals surface area contributed by atoms with Crippen LogP contribution in [0.3, 0.4) is 0 Å². The van der Waals surface area contributed by atoms with Crippen LogP contribution < -0.4 is 15.0 Å². The van der Waals surface area contributed by atoms with Crippen LogP contribution in [0.5, 0.6) is 5.75 Å². The molecule has 5 nitrogen and oxygen atoms in total. The van der Waals surface area contributed by atoms with Crippen LogP contribution in [-0.4, -0.2) is 23.6 Å². The zero-order valence-electron chi connectivity index (χ0n) is 15.4. The Labute approximate surface area is 154 Å². The summed E-state index contributed by atoms with van der Waals surface area (Å²) in [6.45, 7) is 5.34.